The fraction of sp³-hybridized carbons (Fsp3) is 0.333. The molecule has 0 bridgehead atoms. The largest absolute Gasteiger partial charge is 0.378 e. The first-order chi connectivity index (χ1) is 9.11. The Labute approximate surface area is 113 Å². The Balaban J connectivity index is 2.10. The number of benzene rings is 1. The first kappa shape index (κ1) is 13.2. The fourth-order valence-corrected chi connectivity index (χ4v) is 1.91. The fourth-order valence-electron chi connectivity index (χ4n) is 1.91. The zero-order valence-electron chi connectivity index (χ0n) is 11.5. The Morgan fingerprint density at radius 3 is 2.79 bits per heavy atom. The van der Waals surface area contributed by atoms with E-state index in [-0.39, 0.29) is 0 Å². The molecule has 1 aromatic heterocycles. The molecule has 2 aromatic rings. The number of nitrogens with one attached hydrogen (secondary N) is 1. The van der Waals surface area contributed by atoms with E-state index in [0.29, 0.717) is 18.2 Å². The second-order valence-electron chi connectivity index (χ2n) is 4.84. The van der Waals surface area contributed by atoms with Crippen molar-refractivity contribution in [3.8, 4) is 6.07 Å². The average Bonchev–Trinajstić information content (AvgIpc) is 2.85. The molecule has 0 fully saturated rings. The first-order valence-corrected chi connectivity index (χ1v) is 6.39. The van der Waals surface area contributed by atoms with Crippen molar-refractivity contribution in [3.63, 3.8) is 0 Å². The molecule has 0 saturated heterocycles. The van der Waals surface area contributed by atoms with Crippen molar-refractivity contribution >= 4 is 5.69 Å². The van der Waals surface area contributed by atoms with Crippen LogP contribution in [0.25, 0.3) is 0 Å². The van der Waals surface area contributed by atoms with Crippen LogP contribution in [0.15, 0.2) is 30.5 Å². The van der Waals surface area contributed by atoms with E-state index in [1.54, 1.807) is 0 Å². The quantitative estimate of drug-likeness (QED) is 0.911. The minimum Gasteiger partial charge on any atom is -0.378 e. The molecule has 1 N–H and O–H groups in total. The number of rotatable bonds is 4. The van der Waals surface area contributed by atoms with E-state index in [9.17, 15) is 0 Å². The molecule has 98 valence electrons. The molecular formula is C15H18N4. The molecule has 1 heterocycles. The van der Waals surface area contributed by atoms with Crippen molar-refractivity contribution < 1.29 is 0 Å². The van der Waals surface area contributed by atoms with Crippen LogP contribution in [0.3, 0.4) is 0 Å². The van der Waals surface area contributed by atoms with E-state index in [4.69, 9.17) is 5.26 Å². The van der Waals surface area contributed by atoms with Gasteiger partial charge in [0.15, 0.2) is 0 Å². The first-order valence-electron chi connectivity index (χ1n) is 6.39. The van der Waals surface area contributed by atoms with Crippen molar-refractivity contribution in [1.29, 1.82) is 5.26 Å². The van der Waals surface area contributed by atoms with Crippen LogP contribution in [0.2, 0.25) is 0 Å². The minimum absolute atomic E-state index is 0.363. The lowest BCUT2D eigenvalue weighted by Gasteiger charge is -2.08. The third-order valence-electron chi connectivity index (χ3n) is 3.04. The number of nitrogens with zero attached hydrogens (tertiary/aromatic N) is 3. The van der Waals surface area contributed by atoms with Gasteiger partial charge in [-0.3, -0.25) is 4.68 Å². The molecule has 2 rings (SSSR count). The van der Waals surface area contributed by atoms with Gasteiger partial charge in [-0.2, -0.15) is 10.4 Å². The van der Waals surface area contributed by atoms with Crippen molar-refractivity contribution in [2.24, 2.45) is 0 Å². The zero-order valence-corrected chi connectivity index (χ0v) is 11.5. The number of aryl methyl sites for hydroxylation is 1. The van der Waals surface area contributed by atoms with Crippen LogP contribution < -0.4 is 5.32 Å². The maximum Gasteiger partial charge on any atom is 0.102 e. The predicted octanol–water partition coefficient (Wildman–Crippen LogP) is 3.26. The lowest BCUT2D eigenvalue weighted by Crippen LogP contribution is -2.05. The monoisotopic (exact) mass is 254 g/mol. The molecule has 0 aliphatic heterocycles. The van der Waals surface area contributed by atoms with Gasteiger partial charge in [0.1, 0.15) is 6.07 Å². The number of nitriles is 1. The van der Waals surface area contributed by atoms with Gasteiger partial charge in [-0.25, -0.2) is 0 Å². The highest BCUT2D eigenvalue weighted by Gasteiger charge is 2.06. The summed E-state index contributed by atoms with van der Waals surface area (Å²) in [7, 11) is 0. The molecule has 19 heavy (non-hydrogen) atoms. The highest BCUT2D eigenvalue weighted by Crippen LogP contribution is 2.19. The molecule has 0 aliphatic rings. The van der Waals surface area contributed by atoms with Crippen LogP contribution in [-0.4, -0.2) is 9.78 Å². The lowest BCUT2D eigenvalue weighted by molar-refractivity contribution is 0.527. The van der Waals surface area contributed by atoms with Gasteiger partial charge in [-0.15, -0.1) is 0 Å². The van der Waals surface area contributed by atoms with Crippen molar-refractivity contribution in [2.75, 3.05) is 5.32 Å². The van der Waals surface area contributed by atoms with E-state index in [2.05, 4.69) is 30.3 Å². The smallest absolute Gasteiger partial charge is 0.102 e. The molecular weight excluding hydrogens is 236 g/mol. The van der Waals surface area contributed by atoms with Crippen LogP contribution in [0.1, 0.15) is 36.7 Å². The molecule has 1 aromatic carbocycles. The normalized spacial score (nSPS) is 10.5. The summed E-state index contributed by atoms with van der Waals surface area (Å²) in [5, 5.41) is 16.9. The predicted molar refractivity (Wildman–Crippen MR) is 75.8 cm³/mol. The summed E-state index contributed by atoms with van der Waals surface area (Å²) in [6.45, 7) is 6.76. The van der Waals surface area contributed by atoms with Gasteiger partial charge in [-0.1, -0.05) is 12.1 Å². The summed E-state index contributed by atoms with van der Waals surface area (Å²) in [6, 6.07) is 10.4. The summed E-state index contributed by atoms with van der Waals surface area (Å²) in [5.74, 6) is 0. The van der Waals surface area contributed by atoms with Gasteiger partial charge in [0.05, 0.1) is 23.5 Å². The van der Waals surface area contributed by atoms with Crippen LogP contribution >= 0.6 is 0 Å². The van der Waals surface area contributed by atoms with Gasteiger partial charge in [-0.05, 0) is 38.5 Å². The highest BCUT2D eigenvalue weighted by molar-refractivity contribution is 5.60. The van der Waals surface area contributed by atoms with Crippen LogP contribution in [0.5, 0.6) is 0 Å². The Morgan fingerprint density at radius 1 is 1.37 bits per heavy atom. The molecule has 0 unspecified atom stereocenters. The Morgan fingerprint density at radius 2 is 2.16 bits per heavy atom. The summed E-state index contributed by atoms with van der Waals surface area (Å²) in [6.07, 6.45) is 1.98. The molecule has 4 heteroatoms. The molecule has 0 aliphatic carbocycles. The molecule has 0 radical (unpaired) electrons. The van der Waals surface area contributed by atoms with Gasteiger partial charge in [0.25, 0.3) is 0 Å². The number of anilines is 1. The molecule has 0 amide bonds. The van der Waals surface area contributed by atoms with Gasteiger partial charge >= 0.3 is 0 Å². The standard InChI is InChI=1S/C15H18N4/c1-11(2)19-8-7-13(18-19)10-17-15-6-4-5-12(3)14(15)9-16/h4-8,11,17H,10H2,1-3H3. The van der Waals surface area contributed by atoms with E-state index in [1.807, 2.05) is 42.1 Å². The lowest BCUT2D eigenvalue weighted by atomic mass is 10.1. The van der Waals surface area contributed by atoms with Gasteiger partial charge in [0, 0.05) is 12.2 Å². The Hall–Kier alpha value is -2.28. The van der Waals surface area contributed by atoms with E-state index >= 15 is 0 Å². The van der Waals surface area contributed by atoms with Crippen LogP contribution in [0, 0.1) is 18.3 Å². The topological polar surface area (TPSA) is 53.6 Å². The van der Waals surface area contributed by atoms with E-state index < -0.39 is 0 Å². The van der Waals surface area contributed by atoms with Gasteiger partial charge in [0.2, 0.25) is 0 Å². The molecule has 0 spiro atoms. The second-order valence-corrected chi connectivity index (χ2v) is 4.84. The maximum atomic E-state index is 9.16. The molecule has 0 saturated carbocycles. The second kappa shape index (κ2) is 5.57. The third-order valence-corrected chi connectivity index (χ3v) is 3.04. The summed E-state index contributed by atoms with van der Waals surface area (Å²) < 4.78 is 1.93. The maximum absolute atomic E-state index is 9.16. The minimum atomic E-state index is 0.363. The number of hydrogen-bond donors (Lipinski definition) is 1. The van der Waals surface area contributed by atoms with E-state index in [0.717, 1.165) is 16.9 Å². The van der Waals surface area contributed by atoms with Crippen LogP contribution in [0.4, 0.5) is 5.69 Å². The zero-order chi connectivity index (χ0) is 13.8. The summed E-state index contributed by atoms with van der Waals surface area (Å²) in [5.41, 5.74) is 3.52. The van der Waals surface area contributed by atoms with Crippen molar-refractivity contribution in [1.82, 2.24) is 9.78 Å². The summed E-state index contributed by atoms with van der Waals surface area (Å²) >= 11 is 0. The highest BCUT2D eigenvalue weighted by atomic mass is 15.3. The number of hydrogen-bond acceptors (Lipinski definition) is 3. The third kappa shape index (κ3) is 2.94. The van der Waals surface area contributed by atoms with Crippen molar-refractivity contribution in [2.45, 2.75) is 33.4 Å². The summed E-state index contributed by atoms with van der Waals surface area (Å²) in [4.78, 5) is 0. The Kier molecular flexibility index (Phi) is 3.86. The van der Waals surface area contributed by atoms with E-state index in [1.165, 1.54) is 0 Å². The van der Waals surface area contributed by atoms with Crippen LogP contribution in [-0.2, 0) is 6.54 Å². The SMILES string of the molecule is Cc1cccc(NCc2ccn(C(C)C)n2)c1C#N. The van der Waals surface area contributed by atoms with Gasteiger partial charge < -0.3 is 5.32 Å². The number of aromatic nitrogens is 2. The Bertz CT molecular complexity index is 605. The molecule has 0 atom stereocenters. The molecule has 4 nitrogen and oxygen atoms in total. The van der Waals surface area contributed by atoms with Crippen molar-refractivity contribution in [3.05, 3.63) is 47.3 Å². The average molecular weight is 254 g/mol.